The summed E-state index contributed by atoms with van der Waals surface area (Å²) in [6.45, 7) is 4.97. The summed E-state index contributed by atoms with van der Waals surface area (Å²) in [5, 5.41) is 3.29. The van der Waals surface area contributed by atoms with Gasteiger partial charge in [-0.25, -0.2) is 9.37 Å². The van der Waals surface area contributed by atoms with Crippen molar-refractivity contribution in [1.82, 2.24) is 9.88 Å². The Kier molecular flexibility index (Phi) is 5.31. The number of halogens is 1. The van der Waals surface area contributed by atoms with Gasteiger partial charge in [-0.15, -0.1) is 0 Å². The first-order valence-corrected chi connectivity index (χ1v) is 9.92. The number of benzene rings is 2. The van der Waals surface area contributed by atoms with Gasteiger partial charge in [-0.05, 0) is 37.6 Å². The maximum absolute atomic E-state index is 14.7. The standard InChI is InChI=1S/C24H22FN3O2/c1-3-28-14-20-18(24(28)30)11-12-26-23(20)27-15(2)17-9-10-19(21(25)13-17)22(29)16-7-5-4-6-8-16/h4-13,15H,3,14H2,1-2H3,(H,26,27). The van der Waals surface area contributed by atoms with Crippen LogP contribution in [0.1, 0.15) is 57.3 Å². The molecule has 5 nitrogen and oxygen atoms in total. The lowest BCUT2D eigenvalue weighted by atomic mass is 9.99. The summed E-state index contributed by atoms with van der Waals surface area (Å²) >= 11 is 0. The second-order valence-corrected chi connectivity index (χ2v) is 7.31. The molecule has 0 spiro atoms. The molecule has 2 heterocycles. The predicted molar refractivity (Wildman–Crippen MR) is 113 cm³/mol. The quantitative estimate of drug-likeness (QED) is 0.611. The molecule has 30 heavy (non-hydrogen) atoms. The Balaban J connectivity index is 1.56. The molecule has 4 rings (SSSR count). The van der Waals surface area contributed by atoms with Crippen molar-refractivity contribution < 1.29 is 14.0 Å². The first kappa shape index (κ1) is 19.8. The maximum Gasteiger partial charge on any atom is 0.254 e. The molecule has 3 aromatic rings. The Hall–Kier alpha value is -3.54. The zero-order chi connectivity index (χ0) is 21.3. The third-order valence-electron chi connectivity index (χ3n) is 5.43. The number of amides is 1. The largest absolute Gasteiger partial charge is 0.363 e. The highest BCUT2D eigenvalue weighted by Crippen LogP contribution is 2.30. The van der Waals surface area contributed by atoms with Crippen molar-refractivity contribution >= 4 is 17.5 Å². The van der Waals surface area contributed by atoms with Gasteiger partial charge in [0.25, 0.3) is 5.91 Å². The van der Waals surface area contributed by atoms with Crippen molar-refractivity contribution in [3.8, 4) is 0 Å². The monoisotopic (exact) mass is 403 g/mol. The van der Waals surface area contributed by atoms with Crippen molar-refractivity contribution in [2.75, 3.05) is 11.9 Å². The number of aromatic nitrogens is 1. The van der Waals surface area contributed by atoms with Crippen LogP contribution in [0.25, 0.3) is 0 Å². The Morgan fingerprint density at radius 1 is 1.20 bits per heavy atom. The second-order valence-electron chi connectivity index (χ2n) is 7.31. The lowest BCUT2D eigenvalue weighted by Crippen LogP contribution is -2.22. The van der Waals surface area contributed by atoms with Crippen LogP contribution in [0.5, 0.6) is 0 Å². The molecule has 1 N–H and O–H groups in total. The summed E-state index contributed by atoms with van der Waals surface area (Å²) in [5.41, 5.74) is 2.68. The van der Waals surface area contributed by atoms with Gasteiger partial charge in [-0.1, -0.05) is 36.4 Å². The van der Waals surface area contributed by atoms with Gasteiger partial charge >= 0.3 is 0 Å². The van der Waals surface area contributed by atoms with E-state index in [4.69, 9.17) is 0 Å². The molecule has 0 bridgehead atoms. The molecule has 1 aromatic heterocycles. The lowest BCUT2D eigenvalue weighted by molar-refractivity contribution is 0.0787. The summed E-state index contributed by atoms with van der Waals surface area (Å²) in [5.74, 6) is -0.288. The van der Waals surface area contributed by atoms with Gasteiger partial charge in [-0.3, -0.25) is 9.59 Å². The second kappa shape index (κ2) is 8.06. The van der Waals surface area contributed by atoms with Gasteiger partial charge in [0.15, 0.2) is 5.78 Å². The minimum atomic E-state index is -0.561. The number of fused-ring (bicyclic) bond motifs is 1. The van der Waals surface area contributed by atoms with Gasteiger partial charge < -0.3 is 10.2 Å². The molecular formula is C24H22FN3O2. The van der Waals surface area contributed by atoms with E-state index in [0.717, 1.165) is 5.56 Å². The lowest BCUT2D eigenvalue weighted by Gasteiger charge is -2.18. The fourth-order valence-corrected chi connectivity index (χ4v) is 3.68. The molecule has 1 aliphatic heterocycles. The highest BCUT2D eigenvalue weighted by molar-refractivity contribution is 6.09. The molecule has 6 heteroatoms. The normalized spacial score (nSPS) is 13.8. The number of hydrogen-bond donors (Lipinski definition) is 1. The average Bonchev–Trinajstić information content (AvgIpc) is 3.10. The Morgan fingerprint density at radius 3 is 2.67 bits per heavy atom. The zero-order valence-corrected chi connectivity index (χ0v) is 16.9. The smallest absolute Gasteiger partial charge is 0.254 e. The van der Waals surface area contributed by atoms with E-state index < -0.39 is 5.82 Å². The molecule has 152 valence electrons. The number of ketones is 1. The number of hydrogen-bond acceptors (Lipinski definition) is 4. The number of carbonyl (C=O) groups excluding carboxylic acids is 2. The summed E-state index contributed by atoms with van der Waals surface area (Å²) in [4.78, 5) is 31.1. The minimum Gasteiger partial charge on any atom is -0.363 e. The molecule has 0 radical (unpaired) electrons. The van der Waals surface area contributed by atoms with E-state index in [1.54, 1.807) is 47.5 Å². The highest BCUT2D eigenvalue weighted by Gasteiger charge is 2.29. The molecule has 0 aliphatic carbocycles. The number of nitrogens with zero attached hydrogens (tertiary/aromatic N) is 2. The van der Waals surface area contributed by atoms with E-state index in [1.807, 2.05) is 19.9 Å². The number of carbonyl (C=O) groups is 2. The Labute approximate surface area is 174 Å². The first-order valence-electron chi connectivity index (χ1n) is 9.92. The summed E-state index contributed by atoms with van der Waals surface area (Å²) in [6.07, 6.45) is 1.60. The average molecular weight is 403 g/mol. The summed E-state index contributed by atoms with van der Waals surface area (Å²) in [6, 6.07) is 14.8. The highest BCUT2D eigenvalue weighted by atomic mass is 19.1. The van der Waals surface area contributed by atoms with Gasteiger partial charge in [0.05, 0.1) is 18.2 Å². The van der Waals surface area contributed by atoms with Gasteiger partial charge in [-0.2, -0.15) is 0 Å². The molecule has 1 amide bonds. The number of rotatable bonds is 6. The van der Waals surface area contributed by atoms with Crippen LogP contribution in [0.2, 0.25) is 0 Å². The molecule has 1 aliphatic rings. The van der Waals surface area contributed by atoms with E-state index in [9.17, 15) is 14.0 Å². The Morgan fingerprint density at radius 2 is 1.97 bits per heavy atom. The van der Waals surface area contributed by atoms with Crippen LogP contribution < -0.4 is 5.32 Å². The molecule has 2 aromatic carbocycles. The van der Waals surface area contributed by atoms with Crippen molar-refractivity contribution in [2.45, 2.75) is 26.4 Å². The van der Waals surface area contributed by atoms with Crippen molar-refractivity contribution in [2.24, 2.45) is 0 Å². The van der Waals surface area contributed by atoms with Crippen LogP contribution in [0.4, 0.5) is 10.2 Å². The summed E-state index contributed by atoms with van der Waals surface area (Å²) < 4.78 is 14.7. The van der Waals surface area contributed by atoms with E-state index in [-0.39, 0.29) is 23.3 Å². The van der Waals surface area contributed by atoms with E-state index in [0.29, 0.717) is 35.6 Å². The maximum atomic E-state index is 14.7. The fraction of sp³-hybridized carbons (Fsp3) is 0.208. The van der Waals surface area contributed by atoms with Crippen LogP contribution in [0.3, 0.4) is 0 Å². The van der Waals surface area contributed by atoms with Crippen molar-refractivity contribution in [3.63, 3.8) is 0 Å². The van der Waals surface area contributed by atoms with Gasteiger partial charge in [0.1, 0.15) is 11.6 Å². The molecular weight excluding hydrogens is 381 g/mol. The van der Waals surface area contributed by atoms with Gasteiger partial charge in [0, 0.05) is 29.4 Å². The Bertz CT molecular complexity index is 1110. The minimum absolute atomic E-state index is 0.000393. The third kappa shape index (κ3) is 3.56. The van der Waals surface area contributed by atoms with Crippen LogP contribution in [0.15, 0.2) is 60.8 Å². The van der Waals surface area contributed by atoms with Gasteiger partial charge in [0.2, 0.25) is 0 Å². The molecule has 0 saturated heterocycles. The topological polar surface area (TPSA) is 62.3 Å². The number of nitrogens with one attached hydrogen (secondary N) is 1. The number of pyridine rings is 1. The van der Waals surface area contributed by atoms with Crippen LogP contribution in [-0.2, 0) is 6.54 Å². The fourth-order valence-electron chi connectivity index (χ4n) is 3.68. The SMILES string of the molecule is CCN1Cc2c(ccnc2NC(C)c2ccc(C(=O)c3ccccc3)c(F)c2)C1=O. The molecule has 0 fully saturated rings. The van der Waals surface area contributed by atoms with Crippen LogP contribution >= 0.6 is 0 Å². The van der Waals surface area contributed by atoms with Crippen LogP contribution in [0, 0.1) is 5.82 Å². The molecule has 0 saturated carbocycles. The van der Waals surface area contributed by atoms with Crippen molar-refractivity contribution in [1.29, 1.82) is 0 Å². The van der Waals surface area contributed by atoms with E-state index >= 15 is 0 Å². The molecule has 1 atom stereocenters. The number of anilines is 1. The zero-order valence-electron chi connectivity index (χ0n) is 16.9. The third-order valence-corrected chi connectivity index (χ3v) is 5.43. The molecule has 1 unspecified atom stereocenters. The van der Waals surface area contributed by atoms with Crippen molar-refractivity contribution in [3.05, 3.63) is 94.4 Å². The van der Waals surface area contributed by atoms with E-state index in [1.165, 1.54) is 12.1 Å². The first-order chi connectivity index (χ1) is 14.5. The van der Waals surface area contributed by atoms with E-state index in [2.05, 4.69) is 10.3 Å². The van der Waals surface area contributed by atoms with Crippen LogP contribution in [-0.4, -0.2) is 28.1 Å². The predicted octanol–water partition coefficient (Wildman–Crippen LogP) is 4.60. The summed E-state index contributed by atoms with van der Waals surface area (Å²) in [7, 11) is 0.